The number of esters is 1. The van der Waals surface area contributed by atoms with Gasteiger partial charge in [-0.1, -0.05) is 96.8 Å². The lowest BCUT2D eigenvalue weighted by Crippen LogP contribution is -2.33. The van der Waals surface area contributed by atoms with Crippen molar-refractivity contribution in [2.24, 2.45) is 0 Å². The van der Waals surface area contributed by atoms with Gasteiger partial charge in [-0.05, 0) is 6.42 Å². The van der Waals surface area contributed by atoms with Gasteiger partial charge in [0.15, 0.2) is 0 Å². The number of carbonyl (C=O) groups excluding carboxylic acids is 1. The average molecular weight is 386 g/mol. The molecule has 0 saturated heterocycles. The fourth-order valence-electron chi connectivity index (χ4n) is 3.34. The Morgan fingerprint density at radius 1 is 0.704 bits per heavy atom. The maximum absolute atomic E-state index is 11.6. The number of carbonyl (C=O) groups is 1. The first-order valence-electron chi connectivity index (χ1n) is 11.7. The highest BCUT2D eigenvalue weighted by Crippen LogP contribution is 2.13. The van der Waals surface area contributed by atoms with Gasteiger partial charge in [0.1, 0.15) is 0 Å². The zero-order chi connectivity index (χ0) is 20.2. The molecular formula is C23H47NO3. The van der Waals surface area contributed by atoms with E-state index in [0.717, 1.165) is 12.8 Å². The summed E-state index contributed by atoms with van der Waals surface area (Å²) in [6.07, 6.45) is 21.1. The van der Waals surface area contributed by atoms with Gasteiger partial charge in [-0.15, -0.1) is 0 Å². The summed E-state index contributed by atoms with van der Waals surface area (Å²) >= 11 is 0. The third-order valence-electron chi connectivity index (χ3n) is 5.09. The molecule has 0 aromatic carbocycles. The van der Waals surface area contributed by atoms with E-state index in [1.54, 1.807) is 14.1 Å². The summed E-state index contributed by atoms with van der Waals surface area (Å²) in [4.78, 5) is 11.6. The van der Waals surface area contributed by atoms with Gasteiger partial charge in [0.05, 0.1) is 27.2 Å². The van der Waals surface area contributed by atoms with Crippen LogP contribution in [-0.4, -0.2) is 37.9 Å². The predicted octanol–water partition coefficient (Wildman–Crippen LogP) is 6.76. The molecule has 0 rings (SSSR count). The summed E-state index contributed by atoms with van der Waals surface area (Å²) in [5.74, 6) is -0.110. The Kier molecular flexibility index (Phi) is 18.3. The maximum atomic E-state index is 11.6. The van der Waals surface area contributed by atoms with Crippen molar-refractivity contribution < 1.29 is 14.2 Å². The molecule has 4 heteroatoms. The van der Waals surface area contributed by atoms with Crippen molar-refractivity contribution >= 4 is 5.97 Å². The number of unbranched alkanes of at least 4 members (excludes halogenated alkanes) is 14. The minimum absolute atomic E-state index is 0.110. The largest absolute Gasteiger partial charge is 0.633 e. The van der Waals surface area contributed by atoms with Gasteiger partial charge in [0, 0.05) is 12.8 Å². The first kappa shape index (κ1) is 26.4. The molecule has 0 saturated carbocycles. The molecule has 0 heterocycles. The smallest absolute Gasteiger partial charge is 0.305 e. The minimum atomic E-state index is -0.323. The standard InChI is InChI=1S/C23H47NO3/c1-4-5-6-7-8-9-10-11-12-13-14-15-16-17-18-20-23(25)27-22-19-21-24(2,3)26/h4-22H2,1-3H3. The van der Waals surface area contributed by atoms with Crippen LogP contribution in [0.2, 0.25) is 0 Å². The first-order valence-corrected chi connectivity index (χ1v) is 11.7. The molecule has 0 aromatic rings. The van der Waals surface area contributed by atoms with Gasteiger partial charge >= 0.3 is 5.97 Å². The quantitative estimate of drug-likeness (QED) is 0.101. The molecule has 0 aromatic heterocycles. The second kappa shape index (κ2) is 18.7. The minimum Gasteiger partial charge on any atom is -0.633 e. The Hall–Kier alpha value is -0.610. The van der Waals surface area contributed by atoms with E-state index in [1.165, 1.54) is 83.5 Å². The maximum Gasteiger partial charge on any atom is 0.305 e. The van der Waals surface area contributed by atoms with E-state index < -0.39 is 0 Å². The Balaban J connectivity index is 3.17. The second-order valence-electron chi connectivity index (χ2n) is 8.57. The average Bonchev–Trinajstić information content (AvgIpc) is 2.61. The molecule has 0 fully saturated rings. The van der Waals surface area contributed by atoms with Crippen LogP contribution in [0.1, 0.15) is 116 Å². The number of nitrogens with zero attached hydrogens (tertiary/aromatic N) is 1. The van der Waals surface area contributed by atoms with E-state index >= 15 is 0 Å². The molecule has 0 bridgehead atoms. The molecule has 27 heavy (non-hydrogen) atoms. The van der Waals surface area contributed by atoms with Gasteiger partial charge in [-0.2, -0.15) is 0 Å². The summed E-state index contributed by atoms with van der Waals surface area (Å²) in [5, 5.41) is 11.4. The SMILES string of the molecule is CCCCCCCCCCCCCCCCCC(=O)OCCC[N+](C)(C)[O-]. The van der Waals surface area contributed by atoms with Gasteiger partial charge in [0.25, 0.3) is 0 Å². The highest BCUT2D eigenvalue weighted by atomic mass is 16.5. The fraction of sp³-hybridized carbons (Fsp3) is 0.957. The number of rotatable bonds is 20. The third-order valence-corrected chi connectivity index (χ3v) is 5.09. The number of quaternary nitrogens is 1. The topological polar surface area (TPSA) is 49.4 Å². The Labute approximate surface area is 169 Å². The van der Waals surface area contributed by atoms with Crippen LogP contribution in [0.25, 0.3) is 0 Å². The van der Waals surface area contributed by atoms with Gasteiger partial charge in [-0.3, -0.25) is 4.79 Å². The second-order valence-corrected chi connectivity index (χ2v) is 8.57. The van der Waals surface area contributed by atoms with Crippen molar-refractivity contribution in [2.45, 2.75) is 116 Å². The van der Waals surface area contributed by atoms with Crippen molar-refractivity contribution in [1.29, 1.82) is 0 Å². The van der Waals surface area contributed by atoms with E-state index in [1.807, 2.05) is 0 Å². The first-order chi connectivity index (χ1) is 13.0. The summed E-state index contributed by atoms with van der Waals surface area (Å²) in [6, 6.07) is 0. The van der Waals surface area contributed by atoms with Crippen LogP contribution in [0.15, 0.2) is 0 Å². The molecule has 162 valence electrons. The van der Waals surface area contributed by atoms with Gasteiger partial charge in [-0.25, -0.2) is 0 Å². The lowest BCUT2D eigenvalue weighted by Gasteiger charge is -2.33. The molecule has 0 spiro atoms. The number of hydrogen-bond donors (Lipinski definition) is 0. The highest BCUT2D eigenvalue weighted by Gasteiger charge is 2.05. The van der Waals surface area contributed by atoms with E-state index in [2.05, 4.69) is 6.92 Å². The highest BCUT2D eigenvalue weighted by molar-refractivity contribution is 5.69. The van der Waals surface area contributed by atoms with Gasteiger partial charge in [0.2, 0.25) is 0 Å². The third kappa shape index (κ3) is 23.4. The van der Waals surface area contributed by atoms with Gasteiger partial charge < -0.3 is 14.6 Å². The monoisotopic (exact) mass is 385 g/mol. The molecular weight excluding hydrogens is 338 g/mol. The Morgan fingerprint density at radius 2 is 1.11 bits per heavy atom. The summed E-state index contributed by atoms with van der Waals surface area (Å²) < 4.78 is 4.85. The molecule has 0 amide bonds. The zero-order valence-corrected chi connectivity index (χ0v) is 18.6. The van der Waals surface area contributed by atoms with Crippen LogP contribution in [0.4, 0.5) is 0 Å². The Bertz CT molecular complexity index is 326. The van der Waals surface area contributed by atoms with Crippen molar-refractivity contribution in [3.8, 4) is 0 Å². The fourth-order valence-corrected chi connectivity index (χ4v) is 3.34. The molecule has 4 nitrogen and oxygen atoms in total. The Morgan fingerprint density at radius 3 is 1.52 bits per heavy atom. The van der Waals surface area contributed by atoms with Crippen molar-refractivity contribution in [2.75, 3.05) is 27.2 Å². The van der Waals surface area contributed by atoms with E-state index in [4.69, 9.17) is 4.74 Å². The van der Waals surface area contributed by atoms with Crippen LogP contribution in [0.5, 0.6) is 0 Å². The molecule has 0 aliphatic rings. The molecule has 0 aliphatic carbocycles. The van der Waals surface area contributed by atoms with Crippen LogP contribution < -0.4 is 0 Å². The van der Waals surface area contributed by atoms with Crippen LogP contribution in [0, 0.1) is 5.21 Å². The molecule has 0 unspecified atom stereocenters. The number of ether oxygens (including phenoxy) is 1. The molecule has 0 radical (unpaired) electrons. The normalized spacial score (nSPS) is 11.7. The predicted molar refractivity (Wildman–Crippen MR) is 115 cm³/mol. The molecule has 0 atom stereocenters. The number of hydroxylamine groups is 3. The van der Waals surface area contributed by atoms with Crippen LogP contribution in [-0.2, 0) is 9.53 Å². The van der Waals surface area contributed by atoms with E-state index in [9.17, 15) is 10.0 Å². The lowest BCUT2D eigenvalue weighted by atomic mass is 10.0. The zero-order valence-electron chi connectivity index (χ0n) is 18.6. The van der Waals surface area contributed by atoms with Crippen LogP contribution in [0.3, 0.4) is 0 Å². The summed E-state index contributed by atoms with van der Waals surface area (Å²) in [6.45, 7) is 3.14. The van der Waals surface area contributed by atoms with Crippen LogP contribution >= 0.6 is 0 Å². The lowest BCUT2D eigenvalue weighted by molar-refractivity contribution is -0.840. The van der Waals surface area contributed by atoms with Crippen molar-refractivity contribution in [3.63, 3.8) is 0 Å². The summed E-state index contributed by atoms with van der Waals surface area (Å²) in [5.41, 5.74) is 0. The number of hydrogen-bond acceptors (Lipinski definition) is 3. The molecule has 0 aliphatic heterocycles. The van der Waals surface area contributed by atoms with Crippen molar-refractivity contribution in [3.05, 3.63) is 5.21 Å². The summed E-state index contributed by atoms with van der Waals surface area (Å²) in [7, 11) is 3.22. The van der Waals surface area contributed by atoms with E-state index in [0.29, 0.717) is 26.0 Å². The molecule has 0 N–H and O–H groups in total. The van der Waals surface area contributed by atoms with Crippen molar-refractivity contribution in [1.82, 2.24) is 0 Å². The van der Waals surface area contributed by atoms with E-state index in [-0.39, 0.29) is 10.6 Å².